The van der Waals surface area contributed by atoms with Gasteiger partial charge in [0.15, 0.2) is 11.5 Å². The summed E-state index contributed by atoms with van der Waals surface area (Å²) in [6.07, 6.45) is 4.58. The SMILES string of the molecule is COc1cc(/C=C(/C#N)c2ccccc2F)ccc1OC(=O)/C=C/c1ccc(C(C)C)cc1. The maximum Gasteiger partial charge on any atom is 0.336 e. The predicted molar refractivity (Wildman–Crippen MR) is 128 cm³/mol. The normalized spacial score (nSPS) is 11.5. The van der Waals surface area contributed by atoms with Gasteiger partial charge in [-0.15, -0.1) is 0 Å². The lowest BCUT2D eigenvalue weighted by atomic mass is 10.0. The van der Waals surface area contributed by atoms with E-state index in [9.17, 15) is 14.4 Å². The number of carbonyl (C=O) groups is 1. The highest BCUT2D eigenvalue weighted by Gasteiger charge is 2.11. The molecule has 0 bridgehead atoms. The summed E-state index contributed by atoms with van der Waals surface area (Å²) in [5, 5.41) is 9.47. The fourth-order valence-corrected chi connectivity index (χ4v) is 3.17. The molecule has 0 radical (unpaired) electrons. The first-order valence-corrected chi connectivity index (χ1v) is 10.5. The van der Waals surface area contributed by atoms with Crippen LogP contribution in [-0.2, 0) is 4.79 Å². The van der Waals surface area contributed by atoms with Gasteiger partial charge in [-0.3, -0.25) is 0 Å². The Balaban J connectivity index is 1.76. The van der Waals surface area contributed by atoms with Crippen LogP contribution in [0.15, 0.2) is 72.8 Å². The molecule has 0 spiro atoms. The smallest absolute Gasteiger partial charge is 0.336 e. The van der Waals surface area contributed by atoms with Gasteiger partial charge < -0.3 is 9.47 Å². The molecule has 0 heterocycles. The molecule has 0 aromatic heterocycles. The quantitative estimate of drug-likeness (QED) is 0.136. The van der Waals surface area contributed by atoms with Gasteiger partial charge in [-0.1, -0.05) is 62.4 Å². The van der Waals surface area contributed by atoms with E-state index in [-0.39, 0.29) is 16.9 Å². The number of nitriles is 1. The van der Waals surface area contributed by atoms with Crippen molar-refractivity contribution in [2.24, 2.45) is 0 Å². The maximum absolute atomic E-state index is 14.1. The molecule has 0 unspecified atom stereocenters. The first kappa shape index (κ1) is 23.5. The Morgan fingerprint density at radius 1 is 1.00 bits per heavy atom. The molecule has 166 valence electrons. The number of hydrogen-bond donors (Lipinski definition) is 0. The molecule has 0 amide bonds. The summed E-state index contributed by atoms with van der Waals surface area (Å²) in [5.74, 6) is -0.0299. The van der Waals surface area contributed by atoms with Gasteiger partial charge in [0.1, 0.15) is 5.82 Å². The Morgan fingerprint density at radius 2 is 1.70 bits per heavy atom. The van der Waals surface area contributed by atoms with Crippen LogP contribution in [0.1, 0.15) is 42.0 Å². The molecular weight excluding hydrogens is 417 g/mol. The highest BCUT2D eigenvalue weighted by molar-refractivity contribution is 5.91. The second kappa shape index (κ2) is 10.9. The minimum absolute atomic E-state index is 0.173. The van der Waals surface area contributed by atoms with Gasteiger partial charge in [-0.05, 0) is 53.0 Å². The maximum atomic E-state index is 14.1. The number of hydrogen-bond acceptors (Lipinski definition) is 4. The minimum Gasteiger partial charge on any atom is -0.493 e. The molecule has 33 heavy (non-hydrogen) atoms. The fourth-order valence-electron chi connectivity index (χ4n) is 3.17. The van der Waals surface area contributed by atoms with E-state index < -0.39 is 11.8 Å². The molecule has 3 aromatic carbocycles. The van der Waals surface area contributed by atoms with Crippen LogP contribution in [0.4, 0.5) is 4.39 Å². The van der Waals surface area contributed by atoms with Gasteiger partial charge in [0.2, 0.25) is 0 Å². The van der Waals surface area contributed by atoms with Crippen LogP contribution >= 0.6 is 0 Å². The number of allylic oxidation sites excluding steroid dienone is 1. The molecule has 3 rings (SSSR count). The lowest BCUT2D eigenvalue weighted by molar-refractivity contribution is -0.129. The largest absolute Gasteiger partial charge is 0.493 e. The number of esters is 1. The van der Waals surface area contributed by atoms with Gasteiger partial charge in [0.05, 0.1) is 18.8 Å². The third kappa shape index (κ3) is 6.18. The molecule has 0 saturated carbocycles. The summed E-state index contributed by atoms with van der Waals surface area (Å²) in [5.41, 5.74) is 3.10. The highest BCUT2D eigenvalue weighted by atomic mass is 19.1. The number of halogens is 1. The molecule has 0 N–H and O–H groups in total. The average molecular weight is 442 g/mol. The van der Waals surface area contributed by atoms with E-state index >= 15 is 0 Å². The van der Waals surface area contributed by atoms with Gasteiger partial charge in [-0.25, -0.2) is 9.18 Å². The van der Waals surface area contributed by atoms with Crippen LogP contribution < -0.4 is 9.47 Å². The van der Waals surface area contributed by atoms with Crippen molar-refractivity contribution in [2.75, 3.05) is 7.11 Å². The highest BCUT2D eigenvalue weighted by Crippen LogP contribution is 2.30. The first-order chi connectivity index (χ1) is 15.9. The van der Waals surface area contributed by atoms with Crippen molar-refractivity contribution < 1.29 is 18.7 Å². The lowest BCUT2D eigenvalue weighted by Crippen LogP contribution is -2.05. The van der Waals surface area contributed by atoms with E-state index in [1.165, 1.54) is 24.8 Å². The zero-order valence-corrected chi connectivity index (χ0v) is 18.7. The lowest BCUT2D eigenvalue weighted by Gasteiger charge is -2.09. The molecule has 0 aliphatic rings. The van der Waals surface area contributed by atoms with Gasteiger partial charge in [0.25, 0.3) is 0 Å². The summed E-state index contributed by atoms with van der Waals surface area (Å²) in [4.78, 5) is 12.3. The molecule has 0 fully saturated rings. The number of nitrogens with zero attached hydrogens (tertiary/aromatic N) is 1. The van der Waals surface area contributed by atoms with Crippen LogP contribution in [0.2, 0.25) is 0 Å². The zero-order valence-electron chi connectivity index (χ0n) is 18.7. The summed E-state index contributed by atoms with van der Waals surface area (Å²) < 4.78 is 24.8. The Labute approximate surface area is 193 Å². The van der Waals surface area contributed by atoms with Crippen LogP contribution in [0.25, 0.3) is 17.7 Å². The van der Waals surface area contributed by atoms with Crippen molar-refractivity contribution in [3.63, 3.8) is 0 Å². The minimum atomic E-state index is -0.548. The number of rotatable bonds is 7. The van der Waals surface area contributed by atoms with Crippen molar-refractivity contribution in [1.82, 2.24) is 0 Å². The number of benzene rings is 3. The summed E-state index contributed by atoms with van der Waals surface area (Å²) in [6, 6.07) is 20.9. The Kier molecular flexibility index (Phi) is 7.77. The van der Waals surface area contributed by atoms with E-state index in [4.69, 9.17) is 9.47 Å². The fraction of sp³-hybridized carbons (Fsp3) is 0.143. The standard InChI is InChI=1S/C28H24FNO3/c1-19(2)22-12-8-20(9-13-22)11-15-28(31)33-26-14-10-21(17-27(26)32-3)16-23(18-30)24-6-4-5-7-25(24)29/h4-17,19H,1-3H3/b15-11+,23-16-. The molecule has 4 nitrogen and oxygen atoms in total. The Morgan fingerprint density at radius 3 is 2.33 bits per heavy atom. The number of ether oxygens (including phenoxy) is 2. The topological polar surface area (TPSA) is 59.3 Å². The van der Waals surface area contributed by atoms with Crippen molar-refractivity contribution >= 4 is 23.7 Å². The van der Waals surface area contributed by atoms with Crippen LogP contribution in [0.5, 0.6) is 11.5 Å². The van der Waals surface area contributed by atoms with E-state index in [2.05, 4.69) is 13.8 Å². The molecular formula is C28H24FNO3. The molecule has 3 aromatic rings. The van der Waals surface area contributed by atoms with Gasteiger partial charge >= 0.3 is 5.97 Å². The van der Waals surface area contributed by atoms with Crippen LogP contribution in [0.3, 0.4) is 0 Å². The van der Waals surface area contributed by atoms with Gasteiger partial charge in [-0.2, -0.15) is 5.26 Å². The zero-order chi connectivity index (χ0) is 23.8. The third-order valence-corrected chi connectivity index (χ3v) is 5.01. The molecule has 5 heteroatoms. The average Bonchev–Trinajstić information content (AvgIpc) is 2.82. The van der Waals surface area contributed by atoms with Gasteiger partial charge in [0, 0.05) is 11.6 Å². The summed E-state index contributed by atoms with van der Waals surface area (Å²) >= 11 is 0. The molecule has 0 aliphatic heterocycles. The van der Waals surface area contributed by atoms with Crippen LogP contribution in [0, 0.1) is 17.1 Å². The van der Waals surface area contributed by atoms with E-state index in [0.717, 1.165) is 5.56 Å². The monoisotopic (exact) mass is 441 g/mol. The van der Waals surface area contributed by atoms with E-state index in [0.29, 0.717) is 17.2 Å². The third-order valence-electron chi connectivity index (χ3n) is 5.01. The molecule has 0 aliphatic carbocycles. The van der Waals surface area contributed by atoms with Crippen molar-refractivity contribution in [1.29, 1.82) is 5.26 Å². The second-order valence-electron chi connectivity index (χ2n) is 7.64. The number of methoxy groups -OCH3 is 1. The summed E-state index contributed by atoms with van der Waals surface area (Å²) in [6.45, 7) is 4.25. The van der Waals surface area contributed by atoms with E-state index in [1.54, 1.807) is 48.6 Å². The second-order valence-corrected chi connectivity index (χ2v) is 7.64. The van der Waals surface area contributed by atoms with Crippen LogP contribution in [-0.4, -0.2) is 13.1 Å². The van der Waals surface area contributed by atoms with Crippen molar-refractivity contribution in [2.45, 2.75) is 19.8 Å². The Hall–Kier alpha value is -4.17. The van der Waals surface area contributed by atoms with Crippen molar-refractivity contribution in [3.05, 3.63) is 101 Å². The summed E-state index contributed by atoms with van der Waals surface area (Å²) in [7, 11) is 1.45. The molecule has 0 atom stereocenters. The predicted octanol–water partition coefficient (Wildman–Crippen LogP) is 6.64. The van der Waals surface area contributed by atoms with E-state index in [1.807, 2.05) is 30.3 Å². The Bertz CT molecular complexity index is 1230. The molecule has 0 saturated heterocycles. The van der Waals surface area contributed by atoms with Crippen molar-refractivity contribution in [3.8, 4) is 17.6 Å². The number of carbonyl (C=O) groups excluding carboxylic acids is 1. The first-order valence-electron chi connectivity index (χ1n) is 10.5.